The van der Waals surface area contributed by atoms with Gasteiger partial charge >= 0.3 is 0 Å². The van der Waals surface area contributed by atoms with Gasteiger partial charge in [0.1, 0.15) is 6.07 Å². The van der Waals surface area contributed by atoms with Crippen LogP contribution in [-0.4, -0.2) is 23.5 Å². The van der Waals surface area contributed by atoms with Crippen molar-refractivity contribution in [3.05, 3.63) is 45.7 Å². The summed E-state index contributed by atoms with van der Waals surface area (Å²) < 4.78 is 7.04. The fourth-order valence-electron chi connectivity index (χ4n) is 2.33. The number of rotatable bonds is 6. The van der Waals surface area contributed by atoms with E-state index in [1.807, 2.05) is 24.6 Å². The summed E-state index contributed by atoms with van der Waals surface area (Å²) in [5.74, 6) is 0. The molecule has 0 unspecified atom stereocenters. The molecule has 22 heavy (non-hydrogen) atoms. The maximum Gasteiger partial charge on any atom is 0.101 e. The Kier molecular flexibility index (Phi) is 5.42. The Morgan fingerprint density at radius 2 is 2.18 bits per heavy atom. The van der Waals surface area contributed by atoms with Crippen LogP contribution in [0.4, 0.5) is 5.69 Å². The maximum absolute atomic E-state index is 9.17. The van der Waals surface area contributed by atoms with E-state index in [0.717, 1.165) is 29.2 Å². The Morgan fingerprint density at radius 1 is 1.41 bits per heavy atom. The molecule has 0 bridgehead atoms. The quantitative estimate of drug-likeness (QED) is 0.887. The van der Waals surface area contributed by atoms with Crippen molar-refractivity contribution in [3.63, 3.8) is 0 Å². The number of nitriles is 1. The predicted molar refractivity (Wildman–Crippen MR) is 87.1 cm³/mol. The molecule has 0 fully saturated rings. The number of hydrogen-bond acceptors (Lipinski definition) is 4. The number of methoxy groups -OCH3 is 1. The van der Waals surface area contributed by atoms with Crippen molar-refractivity contribution >= 4 is 17.3 Å². The largest absolute Gasteiger partial charge is 0.383 e. The molecule has 0 atom stereocenters. The van der Waals surface area contributed by atoms with Gasteiger partial charge in [0.2, 0.25) is 0 Å². The fourth-order valence-corrected chi connectivity index (χ4v) is 2.50. The average molecular weight is 319 g/mol. The molecule has 2 rings (SSSR count). The zero-order valence-corrected chi connectivity index (χ0v) is 13.7. The number of nitrogens with zero attached hydrogens (tertiary/aromatic N) is 3. The third-order valence-corrected chi connectivity index (χ3v) is 3.83. The monoisotopic (exact) mass is 318 g/mol. The SMILES string of the molecule is COCCn1nc(C)c(CNc2ccc(Cl)cc2C#N)c1C. The Labute approximate surface area is 135 Å². The lowest BCUT2D eigenvalue weighted by molar-refractivity contribution is 0.182. The van der Waals surface area contributed by atoms with Crippen LogP contribution in [0.2, 0.25) is 5.02 Å². The molecule has 0 radical (unpaired) electrons. The van der Waals surface area contributed by atoms with E-state index >= 15 is 0 Å². The summed E-state index contributed by atoms with van der Waals surface area (Å²) in [6, 6.07) is 7.40. The Hall–Kier alpha value is -2.03. The molecule has 1 heterocycles. The van der Waals surface area contributed by atoms with Gasteiger partial charge in [0.15, 0.2) is 0 Å². The Bertz CT molecular complexity index is 703. The number of benzene rings is 1. The second kappa shape index (κ2) is 7.30. The van der Waals surface area contributed by atoms with Crippen LogP contribution in [0.25, 0.3) is 0 Å². The van der Waals surface area contributed by atoms with Gasteiger partial charge in [-0.2, -0.15) is 10.4 Å². The van der Waals surface area contributed by atoms with Crippen molar-refractivity contribution in [2.75, 3.05) is 19.0 Å². The summed E-state index contributed by atoms with van der Waals surface area (Å²) in [5, 5.41) is 17.5. The predicted octanol–water partition coefficient (Wildman–Crippen LogP) is 3.28. The van der Waals surface area contributed by atoms with E-state index in [2.05, 4.69) is 16.5 Å². The number of aromatic nitrogens is 2. The van der Waals surface area contributed by atoms with Crippen LogP contribution < -0.4 is 5.32 Å². The molecule has 0 aliphatic rings. The highest BCUT2D eigenvalue weighted by atomic mass is 35.5. The number of hydrogen-bond donors (Lipinski definition) is 1. The maximum atomic E-state index is 9.17. The van der Waals surface area contributed by atoms with Crippen molar-refractivity contribution in [2.45, 2.75) is 26.9 Å². The van der Waals surface area contributed by atoms with E-state index in [1.54, 1.807) is 19.2 Å². The molecule has 6 heteroatoms. The molecule has 1 aromatic heterocycles. The summed E-state index contributed by atoms with van der Waals surface area (Å²) >= 11 is 5.91. The van der Waals surface area contributed by atoms with Gasteiger partial charge in [-0.1, -0.05) is 11.6 Å². The van der Waals surface area contributed by atoms with Crippen LogP contribution >= 0.6 is 11.6 Å². The number of anilines is 1. The van der Waals surface area contributed by atoms with Crippen molar-refractivity contribution in [3.8, 4) is 6.07 Å². The van der Waals surface area contributed by atoms with Gasteiger partial charge in [0, 0.05) is 29.9 Å². The van der Waals surface area contributed by atoms with Crippen LogP contribution in [0.1, 0.15) is 22.5 Å². The first-order chi connectivity index (χ1) is 10.6. The van der Waals surface area contributed by atoms with Crippen molar-refractivity contribution < 1.29 is 4.74 Å². The zero-order valence-electron chi connectivity index (χ0n) is 13.0. The second-order valence-corrected chi connectivity index (χ2v) is 5.46. The topological polar surface area (TPSA) is 62.9 Å². The van der Waals surface area contributed by atoms with Gasteiger partial charge in [0.25, 0.3) is 0 Å². The van der Waals surface area contributed by atoms with Gasteiger partial charge in [-0.05, 0) is 32.0 Å². The summed E-state index contributed by atoms with van der Waals surface area (Å²) in [6.07, 6.45) is 0. The summed E-state index contributed by atoms with van der Waals surface area (Å²) in [7, 11) is 1.68. The van der Waals surface area contributed by atoms with E-state index < -0.39 is 0 Å². The number of nitrogens with one attached hydrogen (secondary N) is 1. The molecule has 0 aliphatic carbocycles. The molecular weight excluding hydrogens is 300 g/mol. The van der Waals surface area contributed by atoms with Crippen LogP contribution in [0.15, 0.2) is 18.2 Å². The third-order valence-electron chi connectivity index (χ3n) is 3.60. The van der Waals surface area contributed by atoms with E-state index in [4.69, 9.17) is 16.3 Å². The van der Waals surface area contributed by atoms with E-state index in [9.17, 15) is 5.26 Å². The fraction of sp³-hybridized carbons (Fsp3) is 0.375. The second-order valence-electron chi connectivity index (χ2n) is 5.02. The first-order valence-electron chi connectivity index (χ1n) is 7.02. The van der Waals surface area contributed by atoms with Crippen LogP contribution in [0.5, 0.6) is 0 Å². The minimum Gasteiger partial charge on any atom is -0.383 e. The lowest BCUT2D eigenvalue weighted by Gasteiger charge is -2.09. The minimum absolute atomic E-state index is 0.537. The van der Waals surface area contributed by atoms with Crippen molar-refractivity contribution in [2.24, 2.45) is 0 Å². The van der Waals surface area contributed by atoms with E-state index in [0.29, 0.717) is 23.7 Å². The molecule has 0 spiro atoms. The Balaban J connectivity index is 2.15. The molecule has 5 nitrogen and oxygen atoms in total. The normalized spacial score (nSPS) is 10.5. The van der Waals surface area contributed by atoms with Gasteiger partial charge < -0.3 is 10.1 Å². The van der Waals surface area contributed by atoms with Crippen molar-refractivity contribution in [1.29, 1.82) is 5.26 Å². The molecule has 2 aromatic rings. The number of ether oxygens (including phenoxy) is 1. The molecule has 0 saturated carbocycles. The molecule has 116 valence electrons. The Morgan fingerprint density at radius 3 is 2.86 bits per heavy atom. The standard InChI is InChI=1S/C16H19ClN4O/c1-11-15(12(2)21(20-11)6-7-22-3)10-19-16-5-4-14(17)8-13(16)9-18/h4-5,8,19H,6-7,10H2,1-3H3. The summed E-state index contributed by atoms with van der Waals surface area (Å²) in [4.78, 5) is 0. The smallest absolute Gasteiger partial charge is 0.101 e. The van der Waals surface area contributed by atoms with Crippen LogP contribution in [0, 0.1) is 25.2 Å². The summed E-state index contributed by atoms with van der Waals surface area (Å²) in [5.41, 5.74) is 4.53. The van der Waals surface area contributed by atoms with E-state index in [-0.39, 0.29) is 0 Å². The first-order valence-corrected chi connectivity index (χ1v) is 7.40. The highest BCUT2D eigenvalue weighted by Crippen LogP contribution is 2.22. The highest BCUT2D eigenvalue weighted by molar-refractivity contribution is 6.30. The van der Waals surface area contributed by atoms with Crippen molar-refractivity contribution in [1.82, 2.24) is 9.78 Å². The van der Waals surface area contributed by atoms with Crippen LogP contribution in [0.3, 0.4) is 0 Å². The lowest BCUT2D eigenvalue weighted by Crippen LogP contribution is -2.08. The molecular formula is C16H19ClN4O. The highest BCUT2D eigenvalue weighted by Gasteiger charge is 2.12. The molecule has 0 saturated heterocycles. The number of aryl methyl sites for hydroxylation is 1. The molecule has 0 amide bonds. The molecule has 1 N–H and O–H groups in total. The van der Waals surface area contributed by atoms with Crippen LogP contribution in [-0.2, 0) is 17.8 Å². The van der Waals surface area contributed by atoms with Gasteiger partial charge in [0.05, 0.1) is 30.1 Å². The zero-order chi connectivity index (χ0) is 16.1. The van der Waals surface area contributed by atoms with Gasteiger partial charge in [-0.25, -0.2) is 0 Å². The lowest BCUT2D eigenvalue weighted by atomic mass is 10.1. The minimum atomic E-state index is 0.537. The van der Waals surface area contributed by atoms with Gasteiger partial charge in [-0.15, -0.1) is 0 Å². The third kappa shape index (κ3) is 3.59. The van der Waals surface area contributed by atoms with Gasteiger partial charge in [-0.3, -0.25) is 4.68 Å². The first kappa shape index (κ1) is 16.3. The number of halogens is 1. The summed E-state index contributed by atoms with van der Waals surface area (Å²) in [6.45, 7) is 6.00. The molecule has 1 aromatic carbocycles. The van der Waals surface area contributed by atoms with E-state index in [1.165, 1.54) is 0 Å². The average Bonchev–Trinajstić information content (AvgIpc) is 2.78. The molecule has 0 aliphatic heterocycles.